The lowest BCUT2D eigenvalue weighted by molar-refractivity contribution is 0.260. The van der Waals surface area contributed by atoms with Crippen LogP contribution in [-0.4, -0.2) is 38.8 Å². The molecule has 1 unspecified atom stereocenters. The third-order valence-electron chi connectivity index (χ3n) is 4.22. The molecule has 1 saturated carbocycles. The number of hydrogen-bond acceptors (Lipinski definition) is 3. The van der Waals surface area contributed by atoms with Crippen LogP contribution in [0, 0.1) is 10.7 Å². The molecule has 2 heterocycles. The first kappa shape index (κ1) is 12.4. The molecular formula is C13H22N4S. The molecule has 1 aromatic rings. The maximum absolute atomic E-state index is 5.37. The zero-order valence-corrected chi connectivity index (χ0v) is 12.0. The van der Waals surface area contributed by atoms with Crippen LogP contribution in [0.2, 0.25) is 0 Å². The summed E-state index contributed by atoms with van der Waals surface area (Å²) in [5.41, 5.74) is 0. The Kier molecular flexibility index (Phi) is 3.28. The van der Waals surface area contributed by atoms with Gasteiger partial charge >= 0.3 is 0 Å². The third kappa shape index (κ3) is 2.38. The van der Waals surface area contributed by atoms with Crippen LogP contribution in [0.4, 0.5) is 0 Å². The van der Waals surface area contributed by atoms with Gasteiger partial charge in [0.25, 0.3) is 0 Å². The van der Waals surface area contributed by atoms with Crippen molar-refractivity contribution < 1.29 is 0 Å². The van der Waals surface area contributed by atoms with Crippen molar-refractivity contribution in [3.05, 3.63) is 10.6 Å². The number of nitrogens with zero attached hydrogens (tertiary/aromatic N) is 3. The maximum atomic E-state index is 5.37. The molecule has 1 N–H and O–H groups in total. The topological polar surface area (TPSA) is 36.9 Å². The van der Waals surface area contributed by atoms with Gasteiger partial charge in [0.05, 0.1) is 0 Å². The molecule has 1 aliphatic carbocycles. The average Bonchev–Trinajstić information content (AvgIpc) is 2.95. The van der Waals surface area contributed by atoms with Gasteiger partial charge in [-0.1, -0.05) is 0 Å². The Bertz CT molecular complexity index is 472. The third-order valence-corrected chi connectivity index (χ3v) is 4.53. The Morgan fingerprint density at radius 1 is 1.39 bits per heavy atom. The molecule has 1 aliphatic heterocycles. The SMILES string of the molecule is CC(C)N1CCC(Cn2c(C3CC3)n[nH]c2=S)C1. The van der Waals surface area contributed by atoms with Gasteiger partial charge in [0.2, 0.25) is 0 Å². The molecule has 1 aromatic heterocycles. The van der Waals surface area contributed by atoms with Gasteiger partial charge in [-0.05, 0) is 57.8 Å². The molecule has 0 amide bonds. The second-order valence-corrected chi connectivity index (χ2v) is 6.40. The molecule has 3 rings (SSSR count). The first-order valence-electron chi connectivity index (χ1n) is 7.04. The van der Waals surface area contributed by atoms with Crippen molar-refractivity contribution in [3.8, 4) is 0 Å². The first-order valence-corrected chi connectivity index (χ1v) is 7.45. The van der Waals surface area contributed by atoms with Crippen molar-refractivity contribution in [1.82, 2.24) is 19.7 Å². The van der Waals surface area contributed by atoms with E-state index in [0.717, 1.165) is 17.2 Å². The molecule has 5 heteroatoms. The van der Waals surface area contributed by atoms with Crippen molar-refractivity contribution in [2.24, 2.45) is 5.92 Å². The number of aromatic amines is 1. The minimum absolute atomic E-state index is 0.662. The molecule has 1 atom stereocenters. The van der Waals surface area contributed by atoms with Gasteiger partial charge in [-0.3, -0.25) is 5.10 Å². The lowest BCUT2D eigenvalue weighted by Crippen LogP contribution is -2.28. The van der Waals surface area contributed by atoms with E-state index >= 15 is 0 Å². The van der Waals surface area contributed by atoms with E-state index in [4.69, 9.17) is 12.2 Å². The highest BCUT2D eigenvalue weighted by molar-refractivity contribution is 7.71. The maximum Gasteiger partial charge on any atom is 0.195 e. The summed E-state index contributed by atoms with van der Waals surface area (Å²) in [5.74, 6) is 2.60. The summed E-state index contributed by atoms with van der Waals surface area (Å²) >= 11 is 5.37. The van der Waals surface area contributed by atoms with Crippen LogP contribution in [0.15, 0.2) is 0 Å². The summed E-state index contributed by atoms with van der Waals surface area (Å²) in [7, 11) is 0. The van der Waals surface area contributed by atoms with Crippen LogP contribution in [0.1, 0.15) is 44.9 Å². The molecule has 0 radical (unpaired) electrons. The van der Waals surface area contributed by atoms with Gasteiger partial charge in [-0.15, -0.1) is 0 Å². The van der Waals surface area contributed by atoms with E-state index < -0.39 is 0 Å². The highest BCUT2D eigenvalue weighted by atomic mass is 32.1. The Morgan fingerprint density at radius 3 is 2.78 bits per heavy atom. The van der Waals surface area contributed by atoms with Crippen LogP contribution < -0.4 is 0 Å². The van der Waals surface area contributed by atoms with Crippen molar-refractivity contribution >= 4 is 12.2 Å². The number of hydrogen-bond donors (Lipinski definition) is 1. The fraction of sp³-hybridized carbons (Fsp3) is 0.846. The lowest BCUT2D eigenvalue weighted by Gasteiger charge is -2.20. The second kappa shape index (κ2) is 4.78. The number of likely N-dealkylation sites (tertiary alicyclic amines) is 1. The number of H-pyrrole nitrogens is 1. The summed E-state index contributed by atoms with van der Waals surface area (Å²) in [5, 5.41) is 7.37. The molecule has 0 aromatic carbocycles. The van der Waals surface area contributed by atoms with Crippen LogP contribution in [0.5, 0.6) is 0 Å². The zero-order valence-electron chi connectivity index (χ0n) is 11.2. The lowest BCUT2D eigenvalue weighted by atomic mass is 10.1. The predicted octanol–water partition coefficient (Wildman–Crippen LogP) is 2.55. The predicted molar refractivity (Wildman–Crippen MR) is 74.2 cm³/mol. The van der Waals surface area contributed by atoms with Crippen molar-refractivity contribution in [2.75, 3.05) is 13.1 Å². The van der Waals surface area contributed by atoms with E-state index in [-0.39, 0.29) is 0 Å². The summed E-state index contributed by atoms with van der Waals surface area (Å²) in [4.78, 5) is 2.56. The number of rotatable bonds is 4. The van der Waals surface area contributed by atoms with E-state index in [1.807, 2.05) is 0 Å². The molecule has 4 nitrogen and oxygen atoms in total. The summed E-state index contributed by atoms with van der Waals surface area (Å²) in [6.45, 7) is 8.04. The van der Waals surface area contributed by atoms with Gasteiger partial charge in [0.15, 0.2) is 4.77 Å². The first-order chi connectivity index (χ1) is 8.65. The normalized spacial score (nSPS) is 25.2. The quantitative estimate of drug-likeness (QED) is 0.851. The molecule has 0 bridgehead atoms. The smallest absolute Gasteiger partial charge is 0.195 e. The van der Waals surface area contributed by atoms with E-state index in [0.29, 0.717) is 12.0 Å². The highest BCUT2D eigenvalue weighted by Gasteiger charge is 2.31. The largest absolute Gasteiger partial charge is 0.304 e. The second-order valence-electron chi connectivity index (χ2n) is 6.02. The molecular weight excluding hydrogens is 244 g/mol. The summed E-state index contributed by atoms with van der Waals surface area (Å²) in [6.07, 6.45) is 3.85. The van der Waals surface area contributed by atoms with Gasteiger partial charge in [-0.25, -0.2) is 0 Å². The Morgan fingerprint density at radius 2 is 2.17 bits per heavy atom. The average molecular weight is 266 g/mol. The minimum Gasteiger partial charge on any atom is -0.304 e. The van der Waals surface area contributed by atoms with Crippen LogP contribution in [-0.2, 0) is 6.54 Å². The molecule has 100 valence electrons. The fourth-order valence-corrected chi connectivity index (χ4v) is 3.11. The zero-order chi connectivity index (χ0) is 12.7. The fourth-order valence-electron chi connectivity index (χ4n) is 2.90. The molecule has 18 heavy (non-hydrogen) atoms. The van der Waals surface area contributed by atoms with Crippen molar-refractivity contribution in [1.29, 1.82) is 0 Å². The number of aromatic nitrogens is 3. The van der Waals surface area contributed by atoms with Crippen LogP contribution in [0.3, 0.4) is 0 Å². The molecule has 1 saturated heterocycles. The van der Waals surface area contributed by atoms with Gasteiger partial charge in [-0.2, -0.15) is 5.10 Å². The summed E-state index contributed by atoms with van der Waals surface area (Å²) in [6, 6.07) is 0.662. The van der Waals surface area contributed by atoms with Crippen LogP contribution >= 0.6 is 12.2 Å². The van der Waals surface area contributed by atoms with E-state index in [9.17, 15) is 0 Å². The van der Waals surface area contributed by atoms with Gasteiger partial charge in [0, 0.05) is 25.0 Å². The minimum atomic E-state index is 0.662. The van der Waals surface area contributed by atoms with E-state index in [1.54, 1.807) is 0 Å². The van der Waals surface area contributed by atoms with Gasteiger partial charge in [0.1, 0.15) is 5.82 Å². The number of nitrogens with one attached hydrogen (secondary N) is 1. The molecule has 2 aliphatic rings. The standard InChI is InChI=1S/C13H22N4S/c1-9(2)16-6-5-10(7-16)8-17-12(11-3-4-11)14-15-13(17)18/h9-11H,3-8H2,1-2H3,(H,15,18). The van der Waals surface area contributed by atoms with Crippen molar-refractivity contribution in [2.45, 2.75) is 51.6 Å². The summed E-state index contributed by atoms with van der Waals surface area (Å²) < 4.78 is 3.06. The molecule has 2 fully saturated rings. The van der Waals surface area contributed by atoms with Crippen LogP contribution in [0.25, 0.3) is 0 Å². The monoisotopic (exact) mass is 266 g/mol. The highest BCUT2D eigenvalue weighted by Crippen LogP contribution is 2.39. The van der Waals surface area contributed by atoms with E-state index in [2.05, 4.69) is 33.5 Å². The van der Waals surface area contributed by atoms with Gasteiger partial charge < -0.3 is 9.47 Å². The molecule has 0 spiro atoms. The Labute approximate surface area is 113 Å². The van der Waals surface area contributed by atoms with E-state index in [1.165, 1.54) is 38.2 Å². The Hall–Kier alpha value is -0.680. The Balaban J connectivity index is 1.70. The van der Waals surface area contributed by atoms with Crippen molar-refractivity contribution in [3.63, 3.8) is 0 Å².